The Morgan fingerprint density at radius 2 is 2.13 bits per heavy atom. The molecule has 1 aromatic carbocycles. The fourth-order valence-corrected chi connectivity index (χ4v) is 5.81. The van der Waals surface area contributed by atoms with Crippen molar-refractivity contribution in [1.82, 2.24) is 9.71 Å². The number of sulfonamides is 1. The molecule has 1 aromatic heterocycles. The van der Waals surface area contributed by atoms with Crippen molar-refractivity contribution >= 4 is 36.7 Å². The number of nitrogens with zero attached hydrogens (tertiary/aromatic N) is 2. The Kier molecular flexibility index (Phi) is 3.82. The molecule has 2 fully saturated rings. The van der Waals surface area contributed by atoms with E-state index in [4.69, 9.17) is 4.98 Å². The number of aromatic nitrogens is 1. The molecule has 1 saturated carbocycles. The Labute approximate surface area is 140 Å². The van der Waals surface area contributed by atoms with Crippen LogP contribution in [0.5, 0.6) is 0 Å². The molecular weight excluding hydrogens is 330 g/mol. The van der Waals surface area contributed by atoms with Crippen LogP contribution in [0.2, 0.25) is 0 Å². The Morgan fingerprint density at radius 1 is 1.30 bits per heavy atom. The van der Waals surface area contributed by atoms with E-state index in [1.807, 2.05) is 0 Å². The zero-order valence-corrected chi connectivity index (χ0v) is 14.8. The highest BCUT2D eigenvalue weighted by molar-refractivity contribution is 7.90. The quantitative estimate of drug-likeness (QED) is 0.920. The number of piperidine rings is 1. The van der Waals surface area contributed by atoms with Crippen molar-refractivity contribution in [3.63, 3.8) is 0 Å². The fourth-order valence-electron chi connectivity index (χ4n) is 3.11. The van der Waals surface area contributed by atoms with Gasteiger partial charge in [0, 0.05) is 19.1 Å². The summed E-state index contributed by atoms with van der Waals surface area (Å²) in [6.07, 6.45) is 3.52. The number of thiazole rings is 1. The summed E-state index contributed by atoms with van der Waals surface area (Å²) in [6.45, 7) is 3.74. The summed E-state index contributed by atoms with van der Waals surface area (Å²) in [4.78, 5) is 6.95. The number of aryl methyl sites for hydroxylation is 1. The van der Waals surface area contributed by atoms with E-state index in [1.54, 1.807) is 11.3 Å². The Hall–Kier alpha value is -1.18. The highest BCUT2D eigenvalue weighted by atomic mass is 32.2. The summed E-state index contributed by atoms with van der Waals surface area (Å²) in [5.74, 6) is 0. The maximum absolute atomic E-state index is 12.1. The Morgan fingerprint density at radius 3 is 2.91 bits per heavy atom. The third-order valence-electron chi connectivity index (χ3n) is 4.52. The minimum atomic E-state index is -3.12. The van der Waals surface area contributed by atoms with Gasteiger partial charge in [0.15, 0.2) is 5.13 Å². The number of fused-ring (bicyclic) bond motifs is 1. The molecule has 1 saturated heterocycles. The summed E-state index contributed by atoms with van der Waals surface area (Å²) in [5.41, 5.74) is 2.26. The van der Waals surface area contributed by atoms with E-state index in [0.717, 1.165) is 42.9 Å². The summed E-state index contributed by atoms with van der Waals surface area (Å²) < 4.78 is 28.4. The first-order valence-electron chi connectivity index (χ1n) is 8.14. The first kappa shape index (κ1) is 15.4. The van der Waals surface area contributed by atoms with Gasteiger partial charge in [0.25, 0.3) is 0 Å². The molecule has 2 aliphatic rings. The van der Waals surface area contributed by atoms with Gasteiger partial charge in [-0.25, -0.2) is 18.1 Å². The van der Waals surface area contributed by atoms with Gasteiger partial charge in [-0.2, -0.15) is 0 Å². The van der Waals surface area contributed by atoms with Gasteiger partial charge in [-0.1, -0.05) is 17.4 Å². The second-order valence-corrected chi connectivity index (χ2v) is 9.62. The number of hydrogen-bond acceptors (Lipinski definition) is 5. The van der Waals surface area contributed by atoms with E-state index in [1.165, 1.54) is 10.3 Å². The van der Waals surface area contributed by atoms with Crippen LogP contribution in [0.1, 0.15) is 31.2 Å². The maximum atomic E-state index is 12.1. The molecule has 124 valence electrons. The third-order valence-corrected chi connectivity index (χ3v) is 7.61. The van der Waals surface area contributed by atoms with Gasteiger partial charge >= 0.3 is 0 Å². The topological polar surface area (TPSA) is 62.3 Å². The van der Waals surface area contributed by atoms with Crippen molar-refractivity contribution < 1.29 is 8.42 Å². The predicted molar refractivity (Wildman–Crippen MR) is 94.7 cm³/mol. The van der Waals surface area contributed by atoms with Crippen LogP contribution in [0.4, 0.5) is 5.13 Å². The highest BCUT2D eigenvalue weighted by Gasteiger charge is 2.37. The second-order valence-electron chi connectivity index (χ2n) is 6.62. The SMILES string of the molecule is Cc1ccc2nc(N3CCCC(NS(=O)(=O)C4CC4)C3)sc2c1. The van der Waals surface area contributed by atoms with E-state index < -0.39 is 10.0 Å². The molecular formula is C16H21N3O2S2. The number of anilines is 1. The van der Waals surface area contributed by atoms with Gasteiger partial charge in [0.1, 0.15) is 0 Å². The van der Waals surface area contributed by atoms with E-state index in [-0.39, 0.29) is 11.3 Å². The summed E-state index contributed by atoms with van der Waals surface area (Å²) in [5, 5.41) is 0.851. The zero-order valence-electron chi connectivity index (χ0n) is 13.2. The van der Waals surface area contributed by atoms with Gasteiger partial charge in [0.05, 0.1) is 15.5 Å². The van der Waals surface area contributed by atoms with Gasteiger partial charge in [-0.15, -0.1) is 0 Å². The number of hydrogen-bond donors (Lipinski definition) is 1. The van der Waals surface area contributed by atoms with Crippen molar-refractivity contribution in [3.8, 4) is 0 Å². The van der Waals surface area contributed by atoms with E-state index in [9.17, 15) is 8.42 Å². The van der Waals surface area contributed by atoms with Crippen molar-refractivity contribution in [2.24, 2.45) is 0 Å². The van der Waals surface area contributed by atoms with Crippen LogP contribution in [-0.2, 0) is 10.0 Å². The molecule has 0 radical (unpaired) electrons. The first-order chi connectivity index (χ1) is 11.0. The molecule has 0 spiro atoms. The molecule has 4 rings (SSSR count). The van der Waals surface area contributed by atoms with Crippen molar-refractivity contribution in [1.29, 1.82) is 0 Å². The standard InChI is InChI=1S/C16H21N3O2S2/c1-11-4-7-14-15(9-11)22-16(17-14)19-8-2-3-12(10-19)18-23(20,21)13-5-6-13/h4,7,9,12-13,18H,2-3,5-6,8,10H2,1H3. The van der Waals surface area contributed by atoms with Gasteiger partial charge in [0.2, 0.25) is 10.0 Å². The molecule has 5 nitrogen and oxygen atoms in total. The van der Waals surface area contributed by atoms with Crippen molar-refractivity contribution in [3.05, 3.63) is 23.8 Å². The molecule has 1 N–H and O–H groups in total. The van der Waals surface area contributed by atoms with Crippen LogP contribution in [0.3, 0.4) is 0 Å². The lowest BCUT2D eigenvalue weighted by atomic mass is 10.1. The first-order valence-corrected chi connectivity index (χ1v) is 10.5. The van der Waals surface area contributed by atoms with Crippen LogP contribution >= 0.6 is 11.3 Å². The Bertz CT molecular complexity index is 827. The number of benzene rings is 1. The molecule has 0 bridgehead atoms. The monoisotopic (exact) mass is 351 g/mol. The second kappa shape index (κ2) is 5.72. The molecule has 1 aliphatic heterocycles. The van der Waals surface area contributed by atoms with Crippen LogP contribution in [0, 0.1) is 6.92 Å². The average Bonchev–Trinajstić information content (AvgIpc) is 3.28. The van der Waals surface area contributed by atoms with E-state index >= 15 is 0 Å². The van der Waals surface area contributed by atoms with Crippen LogP contribution < -0.4 is 9.62 Å². The van der Waals surface area contributed by atoms with Crippen molar-refractivity contribution in [2.45, 2.75) is 43.9 Å². The van der Waals surface area contributed by atoms with Crippen LogP contribution in [0.25, 0.3) is 10.2 Å². The molecule has 23 heavy (non-hydrogen) atoms. The number of nitrogens with one attached hydrogen (secondary N) is 1. The molecule has 7 heteroatoms. The lowest BCUT2D eigenvalue weighted by Crippen LogP contribution is -2.48. The van der Waals surface area contributed by atoms with Crippen molar-refractivity contribution in [2.75, 3.05) is 18.0 Å². The fraction of sp³-hybridized carbons (Fsp3) is 0.562. The average molecular weight is 351 g/mol. The van der Waals surface area contributed by atoms with Crippen LogP contribution in [-0.4, -0.2) is 37.8 Å². The normalized spacial score (nSPS) is 22.7. The number of rotatable bonds is 4. The van der Waals surface area contributed by atoms with Gasteiger partial charge in [-0.05, 0) is 50.3 Å². The zero-order chi connectivity index (χ0) is 16.0. The molecule has 1 unspecified atom stereocenters. The lowest BCUT2D eigenvalue weighted by molar-refractivity contribution is 0.465. The Balaban J connectivity index is 1.51. The summed E-state index contributed by atoms with van der Waals surface area (Å²) >= 11 is 1.69. The molecule has 1 aliphatic carbocycles. The third kappa shape index (κ3) is 3.22. The minimum Gasteiger partial charge on any atom is -0.346 e. The van der Waals surface area contributed by atoms with Crippen LogP contribution in [0.15, 0.2) is 18.2 Å². The predicted octanol–water partition coefficient (Wildman–Crippen LogP) is 2.66. The van der Waals surface area contributed by atoms with E-state index in [0.29, 0.717) is 6.54 Å². The molecule has 0 amide bonds. The minimum absolute atomic E-state index is 0.00287. The van der Waals surface area contributed by atoms with Gasteiger partial charge in [-0.3, -0.25) is 0 Å². The maximum Gasteiger partial charge on any atom is 0.214 e. The molecule has 2 aromatic rings. The molecule has 1 atom stereocenters. The largest absolute Gasteiger partial charge is 0.346 e. The van der Waals surface area contributed by atoms with Gasteiger partial charge < -0.3 is 4.90 Å². The highest BCUT2D eigenvalue weighted by Crippen LogP contribution is 2.32. The van der Waals surface area contributed by atoms with E-state index in [2.05, 4.69) is 34.7 Å². The summed E-state index contributed by atoms with van der Waals surface area (Å²) in [6, 6.07) is 6.30. The summed E-state index contributed by atoms with van der Waals surface area (Å²) in [7, 11) is -3.12. The smallest absolute Gasteiger partial charge is 0.214 e. The molecule has 2 heterocycles. The lowest BCUT2D eigenvalue weighted by Gasteiger charge is -2.32.